The van der Waals surface area contributed by atoms with Crippen LogP contribution in [0.5, 0.6) is 0 Å². The molecule has 1 aliphatic heterocycles. The summed E-state index contributed by atoms with van der Waals surface area (Å²) in [7, 11) is 0. The van der Waals surface area contributed by atoms with Gasteiger partial charge in [0.2, 0.25) is 0 Å². The maximum atomic E-state index is 13.1. The number of carbonyl (C=O) groups excluding carboxylic acids is 1. The number of hydrogen-bond donors (Lipinski definition) is 2. The molecule has 0 radical (unpaired) electrons. The number of nitriles is 2. The number of nitrogens with zero attached hydrogens (tertiary/aromatic N) is 10. The van der Waals surface area contributed by atoms with Crippen molar-refractivity contribution in [3.8, 4) is 23.5 Å². The van der Waals surface area contributed by atoms with Gasteiger partial charge in [0.05, 0.1) is 65.5 Å². The van der Waals surface area contributed by atoms with Gasteiger partial charge < -0.3 is 15.0 Å². The quantitative estimate of drug-likeness (QED) is 0.267. The molecule has 1 saturated heterocycles. The van der Waals surface area contributed by atoms with E-state index in [0.717, 1.165) is 0 Å². The minimum absolute atomic E-state index is 0.0302. The average molecular weight is 710 g/mol. The molecule has 0 atom stereocenters. The number of fused-ring (bicyclic) bond motifs is 2. The number of hydrogen-bond acceptors (Lipinski definition) is 10. The number of likely N-dealkylation sites (tertiary alicyclic amines) is 1. The Kier molecular flexibility index (Phi) is 9.11. The van der Waals surface area contributed by atoms with Crippen molar-refractivity contribution in [2.75, 3.05) is 13.1 Å². The van der Waals surface area contributed by atoms with Gasteiger partial charge in [-0.25, -0.2) is 23.7 Å². The molecule has 2 N–H and O–H groups in total. The molecule has 1 fully saturated rings. The summed E-state index contributed by atoms with van der Waals surface area (Å²) in [6.45, 7) is 0.650. The highest BCUT2D eigenvalue weighted by atomic mass is 19.1. The van der Waals surface area contributed by atoms with E-state index in [1.165, 1.54) is 63.2 Å². The normalized spacial score (nSPS) is 13.5. The summed E-state index contributed by atoms with van der Waals surface area (Å²) >= 11 is 0. The lowest BCUT2D eigenvalue weighted by Gasteiger charge is -2.38. The molecule has 4 aromatic heterocycles. The second-order valence-electron chi connectivity index (χ2n) is 12.3. The predicted octanol–water partition coefficient (Wildman–Crippen LogP) is 3.24. The molecule has 0 aliphatic carbocycles. The lowest BCUT2D eigenvalue weighted by Crippen LogP contribution is -2.49. The fraction of sp³-hybridized carbons (Fsp3) is 0.162. The van der Waals surface area contributed by atoms with Crippen LogP contribution in [0.25, 0.3) is 33.4 Å². The summed E-state index contributed by atoms with van der Waals surface area (Å²) in [6, 6.07) is 23.3. The monoisotopic (exact) mass is 709 g/mol. The molecule has 7 aromatic rings. The van der Waals surface area contributed by atoms with E-state index < -0.39 is 11.4 Å². The molecule has 53 heavy (non-hydrogen) atoms. The second-order valence-corrected chi connectivity index (χ2v) is 12.3. The minimum atomic E-state index is -1.18. The van der Waals surface area contributed by atoms with Gasteiger partial charge in [-0.1, -0.05) is 12.1 Å². The van der Waals surface area contributed by atoms with Crippen molar-refractivity contribution in [3.05, 3.63) is 141 Å². The Labute approximate surface area is 299 Å². The third-order valence-electron chi connectivity index (χ3n) is 8.90. The number of benzene rings is 3. The standard InChI is InChI=1S/C25H21FN6O3.C12H7N5O/c26-19-6-4-18(5-7-19)23(33)30-10-8-25(35,9-11-30)15-31-16-28-22-21(24(31)34)14-29-32(22)20-3-1-2-17(12-20)13-27;13-5-8-2-1-3-9(4-8)17-11-10(6-16-17)12(18)15-7-14-11/h1-7,12,14,16,35H,8-11,15H2;1-4,6-7H,(H,14,15,18). The third kappa shape index (κ3) is 6.90. The first-order valence-corrected chi connectivity index (χ1v) is 16.3. The van der Waals surface area contributed by atoms with Gasteiger partial charge in [-0.3, -0.25) is 19.0 Å². The first-order chi connectivity index (χ1) is 25.7. The van der Waals surface area contributed by atoms with E-state index >= 15 is 0 Å². The Morgan fingerprint density at radius 1 is 0.849 bits per heavy atom. The third-order valence-corrected chi connectivity index (χ3v) is 8.90. The van der Waals surface area contributed by atoms with Crippen LogP contribution in [0.15, 0.2) is 107 Å². The van der Waals surface area contributed by atoms with Crippen LogP contribution < -0.4 is 11.1 Å². The van der Waals surface area contributed by atoms with Crippen LogP contribution in [0.1, 0.15) is 34.3 Å². The van der Waals surface area contributed by atoms with Crippen LogP contribution in [0.2, 0.25) is 0 Å². The number of amides is 1. The van der Waals surface area contributed by atoms with Gasteiger partial charge in [0.25, 0.3) is 17.0 Å². The van der Waals surface area contributed by atoms with Gasteiger partial charge in [0.1, 0.15) is 22.9 Å². The van der Waals surface area contributed by atoms with Gasteiger partial charge in [0.15, 0.2) is 11.3 Å². The molecule has 0 spiro atoms. The highest BCUT2D eigenvalue weighted by Crippen LogP contribution is 2.25. The molecule has 8 rings (SSSR count). The van der Waals surface area contributed by atoms with E-state index in [4.69, 9.17) is 10.5 Å². The van der Waals surface area contributed by atoms with E-state index in [0.29, 0.717) is 63.2 Å². The zero-order valence-corrected chi connectivity index (χ0v) is 27.8. The number of piperidine rings is 1. The molecule has 5 heterocycles. The lowest BCUT2D eigenvalue weighted by molar-refractivity contribution is -0.0299. The summed E-state index contributed by atoms with van der Waals surface area (Å²) in [5, 5.41) is 38.3. The maximum Gasteiger partial charge on any atom is 0.264 e. The fourth-order valence-corrected chi connectivity index (χ4v) is 6.09. The van der Waals surface area contributed by atoms with Gasteiger partial charge in [-0.2, -0.15) is 20.7 Å². The summed E-state index contributed by atoms with van der Waals surface area (Å²) in [5.41, 5.74) is 1.76. The van der Waals surface area contributed by atoms with Crippen molar-refractivity contribution in [2.24, 2.45) is 0 Å². The summed E-state index contributed by atoms with van der Waals surface area (Å²) in [5.74, 6) is -0.632. The number of aromatic amines is 1. The van der Waals surface area contributed by atoms with Crippen molar-refractivity contribution in [1.82, 2.24) is 44.0 Å². The zero-order chi connectivity index (χ0) is 37.1. The lowest BCUT2D eigenvalue weighted by atomic mass is 9.91. The van der Waals surface area contributed by atoms with Crippen LogP contribution in [-0.4, -0.2) is 73.7 Å². The molecule has 262 valence electrons. The molecule has 16 heteroatoms. The molecule has 1 amide bonds. The topological polar surface area (TPSA) is 204 Å². The van der Waals surface area contributed by atoms with E-state index in [-0.39, 0.29) is 36.4 Å². The molecule has 15 nitrogen and oxygen atoms in total. The SMILES string of the molecule is N#Cc1cccc(-n2ncc3c(=O)[nH]cnc32)c1.N#Cc1cccc(-n2ncc3c(=O)n(CC4(O)CCN(C(=O)c5ccc(F)cc5)CC4)cnc32)c1. The molecule has 1 aliphatic rings. The number of H-pyrrole nitrogens is 1. The largest absolute Gasteiger partial charge is 0.388 e. The number of halogens is 1. The van der Waals surface area contributed by atoms with Crippen LogP contribution in [0.3, 0.4) is 0 Å². The summed E-state index contributed by atoms with van der Waals surface area (Å²) in [4.78, 5) is 49.9. The highest BCUT2D eigenvalue weighted by molar-refractivity contribution is 5.94. The van der Waals surface area contributed by atoms with E-state index in [1.54, 1.807) is 53.4 Å². The number of aromatic nitrogens is 8. The highest BCUT2D eigenvalue weighted by Gasteiger charge is 2.35. The molecule has 0 saturated carbocycles. The van der Waals surface area contributed by atoms with Gasteiger partial charge in [0, 0.05) is 18.7 Å². The first kappa shape index (κ1) is 34.2. The molecule has 0 bridgehead atoms. The van der Waals surface area contributed by atoms with Crippen LogP contribution in [0.4, 0.5) is 4.39 Å². The van der Waals surface area contributed by atoms with Crippen LogP contribution in [0, 0.1) is 28.5 Å². The van der Waals surface area contributed by atoms with Crippen LogP contribution in [-0.2, 0) is 6.54 Å². The smallest absolute Gasteiger partial charge is 0.264 e. The van der Waals surface area contributed by atoms with Gasteiger partial charge in [-0.15, -0.1) is 0 Å². The molecule has 0 unspecified atom stereocenters. The minimum Gasteiger partial charge on any atom is -0.388 e. The Bertz CT molecular complexity index is 2690. The van der Waals surface area contributed by atoms with Crippen LogP contribution >= 0.6 is 0 Å². The Morgan fingerprint density at radius 3 is 2.04 bits per heavy atom. The van der Waals surface area contributed by atoms with Crippen molar-refractivity contribution in [1.29, 1.82) is 10.5 Å². The van der Waals surface area contributed by atoms with Crippen molar-refractivity contribution < 1.29 is 14.3 Å². The van der Waals surface area contributed by atoms with Gasteiger partial charge in [-0.05, 0) is 73.5 Å². The Morgan fingerprint density at radius 2 is 1.43 bits per heavy atom. The average Bonchev–Trinajstić information content (AvgIpc) is 3.83. The Balaban J connectivity index is 0.000000202. The van der Waals surface area contributed by atoms with Crippen molar-refractivity contribution in [3.63, 3.8) is 0 Å². The number of aliphatic hydroxyl groups is 1. The molecule has 3 aromatic carbocycles. The van der Waals surface area contributed by atoms with E-state index in [2.05, 4.69) is 37.3 Å². The van der Waals surface area contributed by atoms with E-state index in [9.17, 15) is 23.9 Å². The summed E-state index contributed by atoms with van der Waals surface area (Å²) in [6.07, 6.45) is 6.16. The number of rotatable bonds is 5. The number of carbonyl (C=O) groups is 1. The zero-order valence-electron chi connectivity index (χ0n) is 27.8. The molecular weight excluding hydrogens is 681 g/mol. The second kappa shape index (κ2) is 14.1. The maximum absolute atomic E-state index is 13.1. The summed E-state index contributed by atoms with van der Waals surface area (Å²) < 4.78 is 17.5. The number of nitrogens with one attached hydrogen (secondary N) is 1. The molecular formula is C37H28FN11O4. The van der Waals surface area contributed by atoms with Crippen molar-refractivity contribution in [2.45, 2.75) is 25.0 Å². The van der Waals surface area contributed by atoms with Crippen molar-refractivity contribution >= 4 is 28.0 Å². The predicted molar refractivity (Wildman–Crippen MR) is 189 cm³/mol. The Hall–Kier alpha value is -7.30. The van der Waals surface area contributed by atoms with E-state index in [1.807, 2.05) is 0 Å². The first-order valence-electron chi connectivity index (χ1n) is 16.3. The fourth-order valence-electron chi connectivity index (χ4n) is 6.09. The van der Waals surface area contributed by atoms with Gasteiger partial charge >= 0.3 is 0 Å².